The Bertz CT molecular complexity index is 966. The summed E-state index contributed by atoms with van der Waals surface area (Å²) in [5.74, 6) is -1.92. The molecule has 1 fully saturated rings. The zero-order valence-electron chi connectivity index (χ0n) is 15.5. The fraction of sp³-hybridized carbons (Fsp3) is 0.238. The lowest BCUT2D eigenvalue weighted by Gasteiger charge is -2.26. The van der Waals surface area contributed by atoms with Crippen molar-refractivity contribution in [2.45, 2.75) is 19.9 Å². The maximum atomic E-state index is 12.8. The van der Waals surface area contributed by atoms with Gasteiger partial charge in [0.15, 0.2) is 0 Å². The van der Waals surface area contributed by atoms with E-state index in [1.54, 1.807) is 36.4 Å². The van der Waals surface area contributed by atoms with Crippen LogP contribution < -0.4 is 0 Å². The molecular weight excluding hydrogens is 360 g/mol. The van der Waals surface area contributed by atoms with Gasteiger partial charge in [0.1, 0.15) is 5.76 Å². The fourth-order valence-corrected chi connectivity index (χ4v) is 3.42. The SMILES string of the molecule is CC(C)CN1C(=O)C(=O)C(=C(O)c2ccccc2)C1c1ccccc1[N+](=O)[O-]. The Labute approximate surface area is 162 Å². The molecule has 1 aliphatic rings. The summed E-state index contributed by atoms with van der Waals surface area (Å²) in [6, 6.07) is 13.3. The van der Waals surface area contributed by atoms with Crippen molar-refractivity contribution in [3.63, 3.8) is 0 Å². The zero-order valence-corrected chi connectivity index (χ0v) is 15.5. The van der Waals surface area contributed by atoms with E-state index < -0.39 is 22.7 Å². The highest BCUT2D eigenvalue weighted by Gasteiger charge is 2.48. The number of Topliss-reactive ketones (excluding diaryl/α,β-unsaturated/α-hetero) is 1. The number of carbonyl (C=O) groups is 2. The van der Waals surface area contributed by atoms with Gasteiger partial charge in [-0.1, -0.05) is 56.3 Å². The monoisotopic (exact) mass is 380 g/mol. The summed E-state index contributed by atoms with van der Waals surface area (Å²) in [5.41, 5.74) is 0.228. The number of para-hydroxylation sites is 1. The first-order valence-corrected chi connectivity index (χ1v) is 8.90. The summed E-state index contributed by atoms with van der Waals surface area (Å²) in [6.07, 6.45) is 0. The van der Waals surface area contributed by atoms with Gasteiger partial charge in [-0.2, -0.15) is 0 Å². The third-order valence-electron chi connectivity index (χ3n) is 4.58. The molecule has 7 heteroatoms. The van der Waals surface area contributed by atoms with Crippen LogP contribution in [-0.4, -0.2) is 33.2 Å². The van der Waals surface area contributed by atoms with Crippen LogP contribution in [0, 0.1) is 16.0 Å². The molecule has 1 heterocycles. The Morgan fingerprint density at radius 1 is 1.11 bits per heavy atom. The molecule has 1 amide bonds. The van der Waals surface area contributed by atoms with Crippen LogP contribution in [-0.2, 0) is 9.59 Å². The first kappa shape index (κ1) is 19.3. The van der Waals surface area contributed by atoms with Crippen LogP contribution in [0.4, 0.5) is 5.69 Å². The Morgan fingerprint density at radius 3 is 2.32 bits per heavy atom. The second-order valence-corrected chi connectivity index (χ2v) is 7.03. The van der Waals surface area contributed by atoms with E-state index in [-0.39, 0.29) is 35.0 Å². The molecule has 3 rings (SSSR count). The van der Waals surface area contributed by atoms with Crippen molar-refractivity contribution in [2.75, 3.05) is 6.54 Å². The quantitative estimate of drug-likeness (QED) is 0.280. The smallest absolute Gasteiger partial charge is 0.295 e. The predicted molar refractivity (Wildman–Crippen MR) is 103 cm³/mol. The topological polar surface area (TPSA) is 101 Å². The summed E-state index contributed by atoms with van der Waals surface area (Å²) in [6.45, 7) is 3.99. The van der Waals surface area contributed by atoms with Gasteiger partial charge in [-0.05, 0) is 12.0 Å². The van der Waals surface area contributed by atoms with E-state index >= 15 is 0 Å². The van der Waals surface area contributed by atoms with E-state index in [9.17, 15) is 24.8 Å². The largest absolute Gasteiger partial charge is 0.507 e. The number of hydrogen-bond acceptors (Lipinski definition) is 5. The molecule has 1 saturated heterocycles. The van der Waals surface area contributed by atoms with Crippen molar-refractivity contribution in [1.82, 2.24) is 4.90 Å². The lowest BCUT2D eigenvalue weighted by atomic mass is 9.94. The molecular formula is C21H20N2O5. The van der Waals surface area contributed by atoms with E-state index in [2.05, 4.69) is 0 Å². The molecule has 0 saturated carbocycles. The highest BCUT2D eigenvalue weighted by atomic mass is 16.6. The summed E-state index contributed by atoms with van der Waals surface area (Å²) in [5, 5.41) is 22.4. The molecule has 2 aromatic rings. The van der Waals surface area contributed by atoms with Gasteiger partial charge in [0.2, 0.25) is 0 Å². The Hall–Kier alpha value is -3.48. The fourth-order valence-electron chi connectivity index (χ4n) is 3.42. The number of aliphatic hydroxyl groups excluding tert-OH is 1. The van der Waals surface area contributed by atoms with E-state index in [4.69, 9.17) is 0 Å². The molecule has 0 aliphatic carbocycles. The van der Waals surface area contributed by atoms with Crippen LogP contribution >= 0.6 is 0 Å². The van der Waals surface area contributed by atoms with Gasteiger partial charge in [-0.3, -0.25) is 19.7 Å². The van der Waals surface area contributed by atoms with E-state index in [0.717, 1.165) is 0 Å². The molecule has 0 bridgehead atoms. The van der Waals surface area contributed by atoms with Crippen LogP contribution in [0.5, 0.6) is 0 Å². The average Bonchev–Trinajstić information content (AvgIpc) is 2.92. The number of ketones is 1. The van der Waals surface area contributed by atoms with E-state index in [0.29, 0.717) is 5.56 Å². The predicted octanol–water partition coefficient (Wildman–Crippen LogP) is 3.67. The Kier molecular flexibility index (Phi) is 5.26. The van der Waals surface area contributed by atoms with Crippen molar-refractivity contribution in [3.05, 3.63) is 81.4 Å². The van der Waals surface area contributed by atoms with Crippen molar-refractivity contribution in [1.29, 1.82) is 0 Å². The Morgan fingerprint density at radius 2 is 1.71 bits per heavy atom. The summed E-state index contributed by atoms with van der Waals surface area (Å²) < 4.78 is 0. The van der Waals surface area contributed by atoms with E-state index in [1.165, 1.54) is 23.1 Å². The number of rotatable bonds is 5. The van der Waals surface area contributed by atoms with Gasteiger partial charge in [0.05, 0.1) is 22.1 Å². The lowest BCUT2D eigenvalue weighted by Crippen LogP contribution is -2.33. The number of nitro groups is 1. The number of likely N-dealkylation sites (tertiary alicyclic amines) is 1. The summed E-state index contributed by atoms with van der Waals surface area (Å²) >= 11 is 0. The molecule has 1 N–H and O–H groups in total. The molecule has 28 heavy (non-hydrogen) atoms. The molecule has 0 aromatic heterocycles. The number of hydrogen-bond donors (Lipinski definition) is 1. The molecule has 0 spiro atoms. The normalized spacial score (nSPS) is 18.7. The van der Waals surface area contributed by atoms with Crippen molar-refractivity contribution >= 4 is 23.1 Å². The number of nitrogens with zero attached hydrogens (tertiary/aromatic N) is 2. The number of nitro benzene ring substituents is 1. The second-order valence-electron chi connectivity index (χ2n) is 7.03. The highest BCUT2D eigenvalue weighted by Crippen LogP contribution is 2.42. The molecule has 7 nitrogen and oxygen atoms in total. The third kappa shape index (κ3) is 3.38. The molecule has 2 aromatic carbocycles. The maximum absolute atomic E-state index is 12.8. The lowest BCUT2D eigenvalue weighted by molar-refractivity contribution is -0.385. The molecule has 0 radical (unpaired) electrons. The molecule has 1 unspecified atom stereocenters. The van der Waals surface area contributed by atoms with Gasteiger partial charge in [0.25, 0.3) is 17.4 Å². The Balaban J connectivity index is 2.27. The third-order valence-corrected chi connectivity index (χ3v) is 4.58. The molecule has 1 atom stereocenters. The van der Waals surface area contributed by atoms with Crippen molar-refractivity contribution in [2.24, 2.45) is 5.92 Å². The minimum atomic E-state index is -1.02. The summed E-state index contributed by atoms with van der Waals surface area (Å²) in [7, 11) is 0. The van der Waals surface area contributed by atoms with Crippen LogP contribution in [0.15, 0.2) is 60.2 Å². The molecule has 1 aliphatic heterocycles. The van der Waals surface area contributed by atoms with Gasteiger partial charge >= 0.3 is 0 Å². The number of amides is 1. The van der Waals surface area contributed by atoms with Gasteiger partial charge in [-0.25, -0.2) is 0 Å². The van der Waals surface area contributed by atoms with Crippen LogP contribution in [0.2, 0.25) is 0 Å². The summed E-state index contributed by atoms with van der Waals surface area (Å²) in [4.78, 5) is 37.8. The van der Waals surface area contributed by atoms with E-state index in [1.807, 2.05) is 13.8 Å². The average molecular weight is 380 g/mol. The number of benzene rings is 2. The highest BCUT2D eigenvalue weighted by molar-refractivity contribution is 6.46. The zero-order chi connectivity index (χ0) is 20.4. The van der Waals surface area contributed by atoms with Crippen molar-refractivity contribution in [3.8, 4) is 0 Å². The van der Waals surface area contributed by atoms with Crippen LogP contribution in [0.3, 0.4) is 0 Å². The standard InChI is InChI=1S/C21H20N2O5/c1-13(2)12-22-18(15-10-6-7-11-16(15)23(27)28)17(20(25)21(22)26)19(24)14-8-4-3-5-9-14/h3-11,13,18,24H,12H2,1-2H3. The second kappa shape index (κ2) is 7.64. The van der Waals surface area contributed by atoms with Crippen LogP contribution in [0.25, 0.3) is 5.76 Å². The number of carbonyl (C=O) groups excluding carboxylic acids is 2. The van der Waals surface area contributed by atoms with Gasteiger partial charge in [0, 0.05) is 18.2 Å². The molecule has 144 valence electrons. The number of aliphatic hydroxyl groups is 1. The minimum absolute atomic E-state index is 0.0280. The van der Waals surface area contributed by atoms with Crippen molar-refractivity contribution < 1.29 is 19.6 Å². The first-order chi connectivity index (χ1) is 13.3. The first-order valence-electron chi connectivity index (χ1n) is 8.90. The maximum Gasteiger partial charge on any atom is 0.295 e. The van der Waals surface area contributed by atoms with Gasteiger partial charge in [-0.15, -0.1) is 0 Å². The minimum Gasteiger partial charge on any atom is -0.507 e. The van der Waals surface area contributed by atoms with Gasteiger partial charge < -0.3 is 10.0 Å². The van der Waals surface area contributed by atoms with Crippen LogP contribution in [0.1, 0.15) is 31.0 Å².